The summed E-state index contributed by atoms with van der Waals surface area (Å²) in [5.41, 5.74) is 2.33. The third-order valence-electron chi connectivity index (χ3n) is 7.39. The van der Waals surface area contributed by atoms with E-state index in [1.807, 2.05) is 48.5 Å². The van der Waals surface area contributed by atoms with Crippen molar-refractivity contribution in [3.63, 3.8) is 0 Å². The van der Waals surface area contributed by atoms with Crippen LogP contribution >= 0.6 is 0 Å². The van der Waals surface area contributed by atoms with Gasteiger partial charge in [0.1, 0.15) is 24.6 Å². The van der Waals surface area contributed by atoms with E-state index < -0.39 is 31.1 Å². The number of carbonyl (C=O) groups is 1. The topological polar surface area (TPSA) is 153 Å². The summed E-state index contributed by atoms with van der Waals surface area (Å²) in [5, 5.41) is 29.0. The van der Waals surface area contributed by atoms with E-state index in [1.54, 1.807) is 16.7 Å². The van der Waals surface area contributed by atoms with E-state index in [0.717, 1.165) is 16.3 Å². The molecule has 0 unspecified atom stereocenters. The lowest BCUT2D eigenvalue weighted by Gasteiger charge is -2.23. The van der Waals surface area contributed by atoms with Crippen molar-refractivity contribution >= 4 is 33.7 Å². The first-order valence-corrected chi connectivity index (χ1v) is 13.1. The molecule has 0 aliphatic carbocycles. The molecule has 2 aliphatic rings. The van der Waals surface area contributed by atoms with Crippen LogP contribution in [-0.4, -0.2) is 67.3 Å². The van der Waals surface area contributed by atoms with Crippen LogP contribution < -0.4 is 20.1 Å². The molecule has 4 N–H and O–H groups in total. The predicted octanol–water partition coefficient (Wildman–Crippen LogP) is 2.37. The molecule has 7 rings (SSSR count). The molecule has 41 heavy (non-hydrogen) atoms. The lowest BCUT2D eigenvalue weighted by molar-refractivity contribution is -0.0440. The van der Waals surface area contributed by atoms with Crippen LogP contribution in [0.1, 0.15) is 22.1 Å². The number of carbonyl (C=O) groups excluding carboxylic acids is 1. The van der Waals surface area contributed by atoms with Gasteiger partial charge in [0.05, 0.1) is 12.9 Å². The molecule has 1 fully saturated rings. The second-order valence-electron chi connectivity index (χ2n) is 9.89. The lowest BCUT2D eigenvalue weighted by Crippen LogP contribution is -2.46. The van der Waals surface area contributed by atoms with Gasteiger partial charge >= 0.3 is 0 Å². The van der Waals surface area contributed by atoms with Crippen molar-refractivity contribution in [2.75, 3.05) is 18.7 Å². The van der Waals surface area contributed by atoms with Crippen LogP contribution in [0.4, 0.5) is 5.82 Å². The van der Waals surface area contributed by atoms with E-state index in [-0.39, 0.29) is 12.7 Å². The summed E-state index contributed by atoms with van der Waals surface area (Å²) in [5.74, 6) is 1.52. The largest absolute Gasteiger partial charge is 0.454 e. The van der Waals surface area contributed by atoms with Gasteiger partial charge in [-0.15, -0.1) is 0 Å². The molecule has 0 radical (unpaired) electrons. The van der Waals surface area contributed by atoms with Gasteiger partial charge in [-0.3, -0.25) is 9.36 Å². The summed E-state index contributed by atoms with van der Waals surface area (Å²) >= 11 is 0. The van der Waals surface area contributed by atoms with Crippen LogP contribution in [0.25, 0.3) is 21.9 Å². The van der Waals surface area contributed by atoms with E-state index >= 15 is 0 Å². The normalized spacial score (nSPS) is 21.4. The van der Waals surface area contributed by atoms with Crippen LogP contribution in [-0.2, 0) is 11.3 Å². The number of benzene rings is 3. The quantitative estimate of drug-likeness (QED) is 0.236. The summed E-state index contributed by atoms with van der Waals surface area (Å²) < 4.78 is 18.5. The van der Waals surface area contributed by atoms with Gasteiger partial charge in [0.2, 0.25) is 6.79 Å². The van der Waals surface area contributed by atoms with Crippen molar-refractivity contribution in [2.45, 2.75) is 31.0 Å². The van der Waals surface area contributed by atoms with E-state index in [1.165, 1.54) is 12.7 Å². The van der Waals surface area contributed by atoms with Gasteiger partial charge in [-0.05, 0) is 40.6 Å². The molecule has 0 spiro atoms. The average molecular weight is 555 g/mol. The highest BCUT2D eigenvalue weighted by Crippen LogP contribution is 2.34. The number of amides is 1. The summed E-state index contributed by atoms with van der Waals surface area (Å²) in [6.07, 6.45) is -0.0347. The Bertz CT molecular complexity index is 1760. The summed E-state index contributed by atoms with van der Waals surface area (Å²) in [4.78, 5) is 26.6. The Morgan fingerprint density at radius 1 is 1.00 bits per heavy atom. The molecule has 5 aromatic rings. The Hall–Kier alpha value is -4.78. The first kappa shape index (κ1) is 25.2. The highest BCUT2D eigenvalue weighted by atomic mass is 16.7. The zero-order valence-electron chi connectivity index (χ0n) is 21.7. The van der Waals surface area contributed by atoms with Gasteiger partial charge in [0.15, 0.2) is 34.7 Å². The van der Waals surface area contributed by atoms with Gasteiger partial charge in [-0.2, -0.15) is 0 Å². The molecule has 2 aliphatic heterocycles. The fourth-order valence-electron chi connectivity index (χ4n) is 5.26. The number of nitrogens with zero attached hydrogens (tertiary/aromatic N) is 4. The Kier molecular flexibility index (Phi) is 6.34. The smallest absolute Gasteiger partial charge is 0.251 e. The number of hydrogen-bond acceptors (Lipinski definition) is 10. The third kappa shape index (κ3) is 4.57. The van der Waals surface area contributed by atoms with Gasteiger partial charge in [0.25, 0.3) is 5.91 Å². The molecule has 0 bridgehead atoms. The van der Waals surface area contributed by atoms with Crippen LogP contribution in [0.15, 0.2) is 73.3 Å². The number of aliphatic hydroxyl groups excluding tert-OH is 2. The molecule has 1 amide bonds. The zero-order valence-corrected chi connectivity index (χ0v) is 21.7. The lowest BCUT2D eigenvalue weighted by atomic mass is 10.0. The minimum atomic E-state index is -1.17. The summed E-state index contributed by atoms with van der Waals surface area (Å²) in [6.45, 7) is 0.226. The van der Waals surface area contributed by atoms with E-state index in [2.05, 4.69) is 25.6 Å². The molecule has 12 heteroatoms. The fourth-order valence-corrected chi connectivity index (χ4v) is 5.26. The number of anilines is 1. The summed E-state index contributed by atoms with van der Waals surface area (Å²) in [7, 11) is 0. The maximum Gasteiger partial charge on any atom is 0.251 e. The molecule has 3 aromatic carbocycles. The standard InChI is InChI=1S/C29H26N6O6/c36-12-22-25(37)23(34-28(38)19-7-6-17-3-1-2-4-18(17)10-19)29(41-22)35-14-33-24-26(31-13-32-27(24)35)30-11-16-5-8-20-21(9-16)40-15-39-20/h1-10,13-14,22-23,25,29,36-37H,11-12,15H2,(H,34,38)(H,30,31,32)/t22-,23-,25-,29-/m1/s1. The molecule has 4 atom stereocenters. The molecule has 208 valence electrons. The van der Waals surface area contributed by atoms with E-state index in [0.29, 0.717) is 40.6 Å². The van der Waals surface area contributed by atoms with Crippen molar-refractivity contribution in [3.05, 3.63) is 84.4 Å². The van der Waals surface area contributed by atoms with Gasteiger partial charge in [0, 0.05) is 12.1 Å². The van der Waals surface area contributed by atoms with Crippen molar-refractivity contribution in [1.82, 2.24) is 24.8 Å². The van der Waals surface area contributed by atoms with Crippen molar-refractivity contribution in [2.24, 2.45) is 0 Å². The molecule has 2 aromatic heterocycles. The fraction of sp³-hybridized carbons (Fsp3) is 0.241. The van der Waals surface area contributed by atoms with E-state index in [4.69, 9.17) is 14.2 Å². The molecular weight excluding hydrogens is 528 g/mol. The number of imidazole rings is 1. The van der Waals surface area contributed by atoms with Gasteiger partial charge < -0.3 is 35.1 Å². The van der Waals surface area contributed by atoms with Crippen LogP contribution in [0.3, 0.4) is 0 Å². The number of ether oxygens (including phenoxy) is 3. The molecule has 12 nitrogen and oxygen atoms in total. The Balaban J connectivity index is 1.15. The number of hydrogen-bond donors (Lipinski definition) is 4. The number of aromatic nitrogens is 4. The number of nitrogens with one attached hydrogen (secondary N) is 2. The number of aliphatic hydroxyl groups is 2. The predicted molar refractivity (Wildman–Crippen MR) is 147 cm³/mol. The molecule has 1 saturated heterocycles. The Morgan fingerprint density at radius 3 is 2.73 bits per heavy atom. The van der Waals surface area contributed by atoms with Gasteiger partial charge in [-0.1, -0.05) is 36.4 Å². The minimum Gasteiger partial charge on any atom is -0.454 e. The first-order valence-electron chi connectivity index (χ1n) is 13.1. The second-order valence-corrected chi connectivity index (χ2v) is 9.89. The van der Waals surface area contributed by atoms with Crippen LogP contribution in [0, 0.1) is 0 Å². The molecular formula is C29H26N6O6. The minimum absolute atomic E-state index is 0.203. The maximum absolute atomic E-state index is 13.3. The first-order chi connectivity index (χ1) is 20.1. The van der Waals surface area contributed by atoms with Crippen molar-refractivity contribution in [1.29, 1.82) is 0 Å². The van der Waals surface area contributed by atoms with Crippen LogP contribution in [0.5, 0.6) is 11.5 Å². The highest BCUT2D eigenvalue weighted by Gasteiger charge is 2.46. The SMILES string of the molecule is O=C(N[C@@H]1[C@H](O)[C@@H](CO)O[C@H]1n1cnc2c(NCc3ccc4c(c3)OCO4)ncnc21)c1ccc2ccccc2c1. The van der Waals surface area contributed by atoms with Gasteiger partial charge in [-0.25, -0.2) is 15.0 Å². The average Bonchev–Trinajstić information content (AvgIpc) is 3.73. The zero-order chi connectivity index (χ0) is 27.9. The Labute approximate surface area is 233 Å². The maximum atomic E-state index is 13.3. The molecule has 4 heterocycles. The monoisotopic (exact) mass is 554 g/mol. The van der Waals surface area contributed by atoms with Crippen molar-refractivity contribution < 1.29 is 29.2 Å². The Morgan fingerprint density at radius 2 is 1.85 bits per heavy atom. The van der Waals surface area contributed by atoms with Crippen molar-refractivity contribution in [3.8, 4) is 11.5 Å². The van der Waals surface area contributed by atoms with E-state index in [9.17, 15) is 15.0 Å². The number of fused-ring (bicyclic) bond motifs is 3. The highest BCUT2D eigenvalue weighted by molar-refractivity contribution is 5.98. The van der Waals surface area contributed by atoms with Crippen LogP contribution in [0.2, 0.25) is 0 Å². The molecule has 0 saturated carbocycles. The third-order valence-corrected chi connectivity index (χ3v) is 7.39. The number of rotatable bonds is 7. The second kappa shape index (κ2) is 10.3. The summed E-state index contributed by atoms with van der Waals surface area (Å²) in [6, 6.07) is 18.0.